The molecule has 1 aliphatic heterocycles. The molecular formula is C45H70N8O10. The van der Waals surface area contributed by atoms with Crippen LogP contribution >= 0.6 is 0 Å². The van der Waals surface area contributed by atoms with Crippen molar-refractivity contribution < 1.29 is 47.8 Å². The van der Waals surface area contributed by atoms with E-state index in [0.717, 1.165) is 24.8 Å². The summed E-state index contributed by atoms with van der Waals surface area (Å²) in [4.78, 5) is 104. The Morgan fingerprint density at radius 3 is 2.17 bits per heavy atom. The topological polar surface area (TPSA) is 239 Å². The summed E-state index contributed by atoms with van der Waals surface area (Å²) in [6.07, 6.45) is 6.68. The van der Waals surface area contributed by atoms with Crippen LogP contribution in [-0.4, -0.2) is 125 Å². The molecule has 1 fully saturated rings. The highest BCUT2D eigenvalue weighted by Gasteiger charge is 2.37. The third-order valence-electron chi connectivity index (χ3n) is 10.8. The Kier molecular flexibility index (Phi) is 21.0. The molecule has 0 spiro atoms. The molecule has 1 saturated heterocycles. The van der Waals surface area contributed by atoms with E-state index in [1.54, 1.807) is 48.5 Å². The lowest BCUT2D eigenvalue weighted by molar-refractivity contribution is -0.145. The van der Waals surface area contributed by atoms with Gasteiger partial charge >= 0.3 is 12.1 Å². The van der Waals surface area contributed by atoms with Crippen LogP contribution in [0.1, 0.15) is 105 Å². The summed E-state index contributed by atoms with van der Waals surface area (Å²) in [5.41, 5.74) is 0.550. The summed E-state index contributed by atoms with van der Waals surface area (Å²) >= 11 is 0. The molecule has 1 aliphatic rings. The third-order valence-corrected chi connectivity index (χ3v) is 10.8. The van der Waals surface area contributed by atoms with Crippen LogP contribution in [0.15, 0.2) is 42.9 Å². The number of imidazole rings is 1. The van der Waals surface area contributed by atoms with Gasteiger partial charge in [-0.2, -0.15) is 0 Å². The van der Waals surface area contributed by atoms with Gasteiger partial charge in [-0.25, -0.2) is 14.6 Å². The van der Waals surface area contributed by atoms with Gasteiger partial charge in [0.1, 0.15) is 41.9 Å². The van der Waals surface area contributed by atoms with Crippen LogP contribution in [0, 0.1) is 11.8 Å². The first-order valence-corrected chi connectivity index (χ1v) is 22.0. The molecule has 350 valence electrons. The number of aromatic amines is 1. The highest BCUT2D eigenvalue weighted by Crippen LogP contribution is 2.16. The standard InChI is InChI=1S/C45H70N8O10/c1-10-29(4)37(41(57)48-34(43(59)61-9)24-32-25-46-27-47-32)52-40(56)36(28(2)3)51-39(55)35-26-62-22-18-13-11-12-17-21-53(30(5)38(54)49-35)42(58)33(23-31-19-15-14-16-20-31)50-44(60)63-45(6,7)8/h14-16,19-20,25,27-30,33-37H,10-13,17-18,21-24,26H2,1-9H3,(H,46,47)(H,48,57)(H,49,54)(H,50,60)(H,51,55)(H,52,56)/t29-,30+,33-,34-,35+,36-,37-/m0/s1. The van der Waals surface area contributed by atoms with Gasteiger partial charge in [0.2, 0.25) is 29.5 Å². The molecule has 1 aromatic heterocycles. The number of esters is 1. The van der Waals surface area contributed by atoms with Gasteiger partial charge < -0.3 is 50.7 Å². The average molecular weight is 883 g/mol. The Hall–Kier alpha value is -5.52. The van der Waals surface area contributed by atoms with Crippen LogP contribution < -0.4 is 26.6 Å². The Balaban J connectivity index is 1.85. The van der Waals surface area contributed by atoms with Crippen molar-refractivity contribution >= 4 is 41.6 Å². The van der Waals surface area contributed by atoms with Crippen LogP contribution in [0.2, 0.25) is 0 Å². The summed E-state index contributed by atoms with van der Waals surface area (Å²) < 4.78 is 16.3. The van der Waals surface area contributed by atoms with Gasteiger partial charge in [-0.1, -0.05) is 83.7 Å². The van der Waals surface area contributed by atoms with Crippen molar-refractivity contribution in [3.05, 3.63) is 54.1 Å². The average Bonchev–Trinajstić information content (AvgIpc) is 3.75. The second kappa shape index (κ2) is 25.6. The lowest BCUT2D eigenvalue weighted by Crippen LogP contribution is -2.62. The van der Waals surface area contributed by atoms with Crippen molar-refractivity contribution in [1.29, 1.82) is 0 Å². The molecule has 0 saturated carbocycles. The van der Waals surface area contributed by atoms with Gasteiger partial charge in [0.05, 0.1) is 20.0 Å². The number of rotatable bonds is 16. The van der Waals surface area contributed by atoms with Crippen molar-refractivity contribution in [2.24, 2.45) is 11.8 Å². The van der Waals surface area contributed by atoms with E-state index in [0.29, 0.717) is 31.6 Å². The Morgan fingerprint density at radius 2 is 1.56 bits per heavy atom. The van der Waals surface area contributed by atoms with Crippen LogP contribution in [0.25, 0.3) is 0 Å². The van der Waals surface area contributed by atoms with Crippen LogP contribution in [0.3, 0.4) is 0 Å². The highest BCUT2D eigenvalue weighted by atomic mass is 16.6. The largest absolute Gasteiger partial charge is 0.467 e. The number of H-pyrrole nitrogens is 1. The fourth-order valence-electron chi connectivity index (χ4n) is 6.98. The van der Waals surface area contributed by atoms with Crippen molar-refractivity contribution in [2.75, 3.05) is 26.9 Å². The fourth-order valence-corrected chi connectivity index (χ4v) is 6.98. The Morgan fingerprint density at radius 1 is 0.889 bits per heavy atom. The monoisotopic (exact) mass is 883 g/mol. The number of methoxy groups -OCH3 is 1. The second-order valence-electron chi connectivity index (χ2n) is 17.5. The predicted molar refractivity (Wildman–Crippen MR) is 235 cm³/mol. The van der Waals surface area contributed by atoms with Crippen molar-refractivity contribution in [3.63, 3.8) is 0 Å². The lowest BCUT2D eigenvalue weighted by atomic mass is 9.96. The highest BCUT2D eigenvalue weighted by molar-refractivity contribution is 5.97. The molecule has 7 atom stereocenters. The molecule has 2 aromatic rings. The minimum Gasteiger partial charge on any atom is -0.467 e. The van der Waals surface area contributed by atoms with Gasteiger partial charge in [-0.15, -0.1) is 0 Å². The van der Waals surface area contributed by atoms with Crippen LogP contribution in [0.5, 0.6) is 0 Å². The molecule has 6 N–H and O–H groups in total. The number of aromatic nitrogens is 2. The van der Waals surface area contributed by atoms with Gasteiger partial charge in [0, 0.05) is 37.9 Å². The van der Waals surface area contributed by atoms with E-state index in [4.69, 9.17) is 14.2 Å². The Labute approximate surface area is 371 Å². The van der Waals surface area contributed by atoms with Crippen molar-refractivity contribution in [2.45, 2.75) is 149 Å². The number of benzene rings is 1. The van der Waals surface area contributed by atoms with Crippen LogP contribution in [-0.2, 0) is 55.8 Å². The van der Waals surface area contributed by atoms with Gasteiger partial charge in [-0.3, -0.25) is 24.0 Å². The zero-order valence-electron chi connectivity index (χ0n) is 38.4. The van der Waals surface area contributed by atoms with Gasteiger partial charge in [0.15, 0.2) is 0 Å². The summed E-state index contributed by atoms with van der Waals surface area (Å²) in [6, 6.07) is 2.43. The van der Waals surface area contributed by atoms with Crippen molar-refractivity contribution in [3.8, 4) is 0 Å². The van der Waals surface area contributed by atoms with Gasteiger partial charge in [0.25, 0.3) is 0 Å². The van der Waals surface area contributed by atoms with E-state index in [1.807, 2.05) is 37.3 Å². The predicted octanol–water partition coefficient (Wildman–Crippen LogP) is 3.10. The lowest BCUT2D eigenvalue weighted by Gasteiger charge is -2.34. The molecule has 6 amide bonds. The number of nitrogens with zero attached hydrogens (tertiary/aromatic N) is 2. The maximum absolute atomic E-state index is 14.5. The molecule has 18 heteroatoms. The van der Waals surface area contributed by atoms with E-state index in [2.05, 4.69) is 36.6 Å². The van der Waals surface area contributed by atoms with E-state index >= 15 is 0 Å². The van der Waals surface area contributed by atoms with Gasteiger partial charge in [-0.05, 0) is 57.9 Å². The summed E-state index contributed by atoms with van der Waals surface area (Å²) in [5.74, 6) is -4.65. The zero-order valence-corrected chi connectivity index (χ0v) is 38.4. The van der Waals surface area contributed by atoms with E-state index in [-0.39, 0.29) is 31.9 Å². The number of ether oxygens (including phenoxy) is 3. The normalized spacial score (nSPS) is 19.1. The summed E-state index contributed by atoms with van der Waals surface area (Å²) in [6.45, 7) is 14.1. The Bertz CT molecular complexity index is 1790. The maximum Gasteiger partial charge on any atom is 0.408 e. The van der Waals surface area contributed by atoms with E-state index < -0.39 is 89.4 Å². The third kappa shape index (κ3) is 17.3. The maximum atomic E-state index is 14.5. The van der Waals surface area contributed by atoms with E-state index in [1.165, 1.54) is 24.5 Å². The molecule has 3 rings (SSSR count). The number of hydrogen-bond donors (Lipinski definition) is 6. The number of hydrogen-bond acceptors (Lipinski definition) is 11. The molecule has 0 aliphatic carbocycles. The number of carbonyl (C=O) groups is 7. The molecule has 0 unspecified atom stereocenters. The zero-order chi connectivity index (χ0) is 46.7. The fraction of sp³-hybridized carbons (Fsp3) is 0.644. The first-order chi connectivity index (χ1) is 29.8. The number of carbonyl (C=O) groups excluding carboxylic acids is 7. The smallest absolute Gasteiger partial charge is 0.408 e. The van der Waals surface area contributed by atoms with Crippen LogP contribution in [0.4, 0.5) is 4.79 Å². The SMILES string of the molecule is CC[C@H](C)[C@H](NC(=O)[C@@H](NC(=O)[C@H]1COCCCCCCCN(C(=O)[C@H](Cc2ccccc2)NC(=O)OC(C)(C)C)[C@H](C)C(=O)N1)C(C)C)C(=O)N[C@@H](Cc1cnc[nH]1)C(=O)OC. The molecule has 18 nitrogen and oxygen atoms in total. The quantitative estimate of drug-likeness (QED) is 0.134. The molecule has 1 aromatic carbocycles. The van der Waals surface area contributed by atoms with Crippen molar-refractivity contribution in [1.82, 2.24) is 41.5 Å². The number of alkyl carbamates (subject to hydrolysis) is 1. The number of nitrogens with one attached hydrogen (secondary N) is 6. The molecule has 63 heavy (non-hydrogen) atoms. The molecule has 2 heterocycles. The molecule has 0 radical (unpaired) electrons. The first kappa shape index (κ1) is 51.8. The minimum absolute atomic E-state index is 0.0707. The minimum atomic E-state index is -1.27. The molecular weight excluding hydrogens is 813 g/mol. The number of amides is 6. The van der Waals surface area contributed by atoms with E-state index in [9.17, 15) is 33.6 Å². The first-order valence-electron chi connectivity index (χ1n) is 22.0. The summed E-state index contributed by atoms with van der Waals surface area (Å²) in [5, 5.41) is 13.8. The molecule has 0 bridgehead atoms. The summed E-state index contributed by atoms with van der Waals surface area (Å²) in [7, 11) is 1.21. The second-order valence-corrected chi connectivity index (χ2v) is 17.5.